The Labute approximate surface area is 175 Å². The number of carbonyl (C=O) groups excluding carboxylic acids is 1. The fraction of sp³-hybridized carbons (Fsp3) is 0.562. The summed E-state index contributed by atoms with van der Waals surface area (Å²) in [5.41, 5.74) is 0.825. The highest BCUT2D eigenvalue weighted by Crippen LogP contribution is 2.16. The van der Waals surface area contributed by atoms with E-state index in [9.17, 15) is 4.79 Å². The van der Waals surface area contributed by atoms with Crippen LogP contribution in [0.4, 0.5) is 5.69 Å². The number of nitrogens with one attached hydrogen (secondary N) is 1. The minimum atomic E-state index is 0. The summed E-state index contributed by atoms with van der Waals surface area (Å²) in [5, 5.41) is 11.2. The van der Waals surface area contributed by atoms with E-state index in [1.54, 1.807) is 22.7 Å². The molecule has 3 heterocycles. The Morgan fingerprint density at radius 3 is 2.81 bits per heavy atom. The maximum Gasteiger partial charge on any atom is 0.246 e. The highest BCUT2D eigenvalue weighted by atomic mass is 127. The summed E-state index contributed by atoms with van der Waals surface area (Å²) in [5.74, 6) is 1.94. The van der Waals surface area contributed by atoms with Gasteiger partial charge in [-0.05, 0) is 13.8 Å². The predicted octanol–water partition coefficient (Wildman–Crippen LogP) is 0.586. The summed E-state index contributed by atoms with van der Waals surface area (Å²) < 4.78 is 6.79. The molecule has 27 heavy (non-hydrogen) atoms. The molecule has 2 aromatic heterocycles. The lowest BCUT2D eigenvalue weighted by atomic mass is 10.3. The van der Waals surface area contributed by atoms with E-state index in [-0.39, 0.29) is 36.4 Å². The van der Waals surface area contributed by atoms with Crippen molar-refractivity contribution < 1.29 is 9.32 Å². The number of aryl methyl sites for hydroxylation is 2. The number of amides is 1. The van der Waals surface area contributed by atoms with E-state index in [0.29, 0.717) is 37.8 Å². The van der Waals surface area contributed by atoms with Crippen molar-refractivity contribution in [3.63, 3.8) is 0 Å². The second-order valence-corrected chi connectivity index (χ2v) is 6.06. The molecule has 0 bridgehead atoms. The van der Waals surface area contributed by atoms with Crippen LogP contribution >= 0.6 is 24.0 Å². The third-order valence-corrected chi connectivity index (χ3v) is 4.01. The van der Waals surface area contributed by atoms with E-state index in [4.69, 9.17) is 4.52 Å². The van der Waals surface area contributed by atoms with Crippen LogP contribution in [0.3, 0.4) is 0 Å². The molecule has 3 rings (SSSR count). The molecule has 11 heteroatoms. The smallest absolute Gasteiger partial charge is 0.246 e. The Hall–Kier alpha value is -2.18. The van der Waals surface area contributed by atoms with Gasteiger partial charge in [-0.1, -0.05) is 5.16 Å². The summed E-state index contributed by atoms with van der Waals surface area (Å²) >= 11 is 0. The number of hydrogen-bond acceptors (Lipinski definition) is 6. The molecule has 0 atom stereocenters. The largest absolute Gasteiger partial charge is 0.357 e. The summed E-state index contributed by atoms with van der Waals surface area (Å²) in [4.78, 5) is 25.0. The Morgan fingerprint density at radius 2 is 2.22 bits per heavy atom. The van der Waals surface area contributed by atoms with E-state index in [2.05, 4.69) is 25.5 Å². The number of aromatic nitrogens is 4. The second-order valence-electron chi connectivity index (χ2n) is 6.06. The fourth-order valence-corrected chi connectivity index (χ4v) is 2.80. The molecule has 1 fully saturated rings. The zero-order valence-corrected chi connectivity index (χ0v) is 18.1. The van der Waals surface area contributed by atoms with Crippen molar-refractivity contribution in [1.29, 1.82) is 0 Å². The number of rotatable bonds is 5. The number of halogens is 1. The van der Waals surface area contributed by atoms with Gasteiger partial charge in [0.05, 0.1) is 18.4 Å². The molecule has 1 aliphatic rings. The molecular formula is C16H25IN8O2. The maximum atomic E-state index is 12.6. The molecule has 0 radical (unpaired) electrons. The van der Waals surface area contributed by atoms with Crippen LogP contribution in [0, 0.1) is 6.92 Å². The van der Waals surface area contributed by atoms with Crippen molar-refractivity contribution in [3.8, 4) is 0 Å². The molecule has 0 unspecified atom stereocenters. The van der Waals surface area contributed by atoms with E-state index in [0.717, 1.165) is 18.2 Å². The number of guanidine groups is 1. The summed E-state index contributed by atoms with van der Waals surface area (Å²) in [6.07, 6.45) is 4.12. The van der Waals surface area contributed by atoms with Gasteiger partial charge in [0.2, 0.25) is 11.8 Å². The summed E-state index contributed by atoms with van der Waals surface area (Å²) in [6.45, 7) is 6.61. The lowest BCUT2D eigenvalue weighted by molar-refractivity contribution is -0.120. The molecule has 1 aliphatic heterocycles. The molecule has 0 aromatic carbocycles. The van der Waals surface area contributed by atoms with E-state index < -0.39 is 0 Å². The molecule has 1 amide bonds. The molecular weight excluding hydrogens is 463 g/mol. The van der Waals surface area contributed by atoms with Crippen LogP contribution in [-0.2, 0) is 18.3 Å². The topological polar surface area (TPSA) is 105 Å². The first-order chi connectivity index (χ1) is 12.6. The maximum absolute atomic E-state index is 12.6. The van der Waals surface area contributed by atoms with Gasteiger partial charge in [-0.2, -0.15) is 10.1 Å². The van der Waals surface area contributed by atoms with Crippen molar-refractivity contribution in [2.45, 2.75) is 20.3 Å². The van der Waals surface area contributed by atoms with Crippen LogP contribution < -0.4 is 10.2 Å². The number of piperazine rings is 1. The van der Waals surface area contributed by atoms with Gasteiger partial charge in [-0.3, -0.25) is 14.5 Å². The zero-order chi connectivity index (χ0) is 18.5. The quantitative estimate of drug-likeness (QED) is 0.373. The molecule has 2 aromatic rings. The van der Waals surface area contributed by atoms with E-state index >= 15 is 0 Å². The first kappa shape index (κ1) is 21.1. The predicted molar refractivity (Wildman–Crippen MR) is 111 cm³/mol. The fourth-order valence-electron chi connectivity index (χ4n) is 2.80. The number of hydrogen-bond donors (Lipinski definition) is 1. The standard InChI is InChI=1S/C16H24N8O2.HI/c1-4-17-16(18-6-5-14-20-12(2)21-26-14)23-7-8-24(15(25)11-23)13-9-19-22(3)10-13;/h9-10H,4-8,11H2,1-3H3,(H,17,18);1H. The minimum Gasteiger partial charge on any atom is -0.357 e. The molecule has 1 N–H and O–H groups in total. The number of aliphatic imine (C=N–C) groups is 1. The van der Waals surface area contributed by atoms with Crippen molar-refractivity contribution in [2.75, 3.05) is 37.6 Å². The zero-order valence-electron chi connectivity index (χ0n) is 15.8. The molecule has 0 saturated carbocycles. The third kappa shape index (κ3) is 5.40. The van der Waals surface area contributed by atoms with Gasteiger partial charge in [-0.15, -0.1) is 24.0 Å². The Bertz CT molecular complexity index is 787. The van der Waals surface area contributed by atoms with Crippen molar-refractivity contribution in [2.24, 2.45) is 12.0 Å². The molecule has 148 valence electrons. The van der Waals surface area contributed by atoms with Gasteiger partial charge < -0.3 is 19.6 Å². The van der Waals surface area contributed by atoms with E-state index in [1.165, 1.54) is 0 Å². The van der Waals surface area contributed by atoms with Crippen LogP contribution in [0.25, 0.3) is 0 Å². The van der Waals surface area contributed by atoms with Crippen LogP contribution in [0.5, 0.6) is 0 Å². The number of nitrogens with zero attached hydrogens (tertiary/aromatic N) is 7. The average Bonchev–Trinajstić information content (AvgIpc) is 3.22. The van der Waals surface area contributed by atoms with Crippen LogP contribution in [0.2, 0.25) is 0 Å². The highest BCUT2D eigenvalue weighted by molar-refractivity contribution is 14.0. The van der Waals surface area contributed by atoms with E-state index in [1.807, 2.05) is 25.1 Å². The number of carbonyl (C=O) groups is 1. The summed E-state index contributed by atoms with van der Waals surface area (Å²) in [6, 6.07) is 0. The van der Waals surface area contributed by atoms with Crippen molar-refractivity contribution in [3.05, 3.63) is 24.1 Å². The van der Waals surface area contributed by atoms with Crippen LogP contribution in [0.15, 0.2) is 21.9 Å². The molecule has 10 nitrogen and oxygen atoms in total. The first-order valence-corrected chi connectivity index (χ1v) is 8.68. The van der Waals surface area contributed by atoms with Gasteiger partial charge >= 0.3 is 0 Å². The Kier molecular flexibility index (Phi) is 7.56. The van der Waals surface area contributed by atoms with Gasteiger partial charge in [-0.25, -0.2) is 0 Å². The third-order valence-electron chi connectivity index (χ3n) is 4.01. The van der Waals surface area contributed by atoms with Gasteiger partial charge in [0.25, 0.3) is 0 Å². The highest BCUT2D eigenvalue weighted by Gasteiger charge is 2.27. The van der Waals surface area contributed by atoms with Crippen LogP contribution in [0.1, 0.15) is 18.6 Å². The normalized spacial score (nSPS) is 15.1. The molecule has 0 spiro atoms. The van der Waals surface area contributed by atoms with Gasteiger partial charge in [0.15, 0.2) is 11.8 Å². The Morgan fingerprint density at radius 1 is 1.41 bits per heavy atom. The molecule has 0 aliphatic carbocycles. The summed E-state index contributed by atoms with van der Waals surface area (Å²) in [7, 11) is 1.84. The SMILES string of the molecule is CCNC(=NCCc1nc(C)no1)N1CCN(c2cnn(C)c2)C(=O)C1.I. The second kappa shape index (κ2) is 9.67. The number of anilines is 1. The lowest BCUT2D eigenvalue weighted by Gasteiger charge is -2.35. The van der Waals surface area contributed by atoms with Crippen LogP contribution in [-0.4, -0.2) is 69.4 Å². The lowest BCUT2D eigenvalue weighted by Crippen LogP contribution is -2.55. The van der Waals surface area contributed by atoms with Crippen molar-refractivity contribution in [1.82, 2.24) is 30.1 Å². The van der Waals surface area contributed by atoms with Gasteiger partial charge in [0, 0.05) is 39.3 Å². The van der Waals surface area contributed by atoms with Gasteiger partial charge in [0.1, 0.15) is 6.54 Å². The Balaban J connectivity index is 0.00000261. The minimum absolute atomic E-state index is 0. The average molecular weight is 488 g/mol. The first-order valence-electron chi connectivity index (χ1n) is 8.68. The monoisotopic (exact) mass is 488 g/mol. The van der Waals surface area contributed by atoms with Crippen molar-refractivity contribution >= 4 is 41.5 Å². The molecule has 1 saturated heterocycles.